The first-order valence-electron chi connectivity index (χ1n) is 9.32. The number of hydrogen-bond donors (Lipinski definition) is 1. The fraction of sp³-hybridized carbons (Fsp3) is 0.381. The summed E-state index contributed by atoms with van der Waals surface area (Å²) in [7, 11) is -0.850. The first kappa shape index (κ1) is 23.3. The van der Waals surface area contributed by atoms with Crippen molar-refractivity contribution in [2.75, 3.05) is 44.5 Å². The van der Waals surface area contributed by atoms with Gasteiger partial charge in [0.25, 0.3) is 0 Å². The molecule has 0 aliphatic rings. The van der Waals surface area contributed by atoms with Gasteiger partial charge in [0.05, 0.1) is 32.7 Å². The van der Waals surface area contributed by atoms with Crippen LogP contribution in [0.5, 0.6) is 17.2 Å². The molecule has 0 aliphatic heterocycles. The molecule has 164 valence electrons. The van der Waals surface area contributed by atoms with E-state index in [2.05, 4.69) is 5.32 Å². The van der Waals surface area contributed by atoms with Gasteiger partial charge in [0.15, 0.2) is 0 Å². The van der Waals surface area contributed by atoms with Gasteiger partial charge < -0.3 is 19.5 Å². The van der Waals surface area contributed by atoms with Gasteiger partial charge in [-0.15, -0.1) is 0 Å². The maximum atomic E-state index is 12.4. The number of amides is 1. The molecule has 0 heterocycles. The average Bonchev–Trinajstić information content (AvgIpc) is 2.69. The fourth-order valence-electron chi connectivity index (χ4n) is 2.87. The molecule has 30 heavy (non-hydrogen) atoms. The molecular formula is C21H28N2O6S. The molecule has 1 amide bonds. The predicted octanol–water partition coefficient (Wildman–Crippen LogP) is 2.28. The number of carbonyl (C=O) groups excluding carboxylic acids is 1. The second-order valence-electron chi connectivity index (χ2n) is 6.77. The van der Waals surface area contributed by atoms with E-state index < -0.39 is 22.5 Å². The lowest BCUT2D eigenvalue weighted by Crippen LogP contribution is -2.41. The highest BCUT2D eigenvalue weighted by molar-refractivity contribution is 7.92. The van der Waals surface area contributed by atoms with E-state index in [0.717, 1.165) is 27.4 Å². The van der Waals surface area contributed by atoms with Crippen molar-refractivity contribution < 1.29 is 27.4 Å². The van der Waals surface area contributed by atoms with E-state index in [1.54, 1.807) is 12.1 Å². The zero-order valence-corrected chi connectivity index (χ0v) is 18.7. The summed E-state index contributed by atoms with van der Waals surface area (Å²) in [6, 6.07) is 10.6. The number of carbonyl (C=O) groups is 1. The first-order chi connectivity index (χ1) is 14.2. The van der Waals surface area contributed by atoms with Crippen molar-refractivity contribution in [1.82, 2.24) is 5.32 Å². The van der Waals surface area contributed by atoms with Crippen LogP contribution < -0.4 is 23.8 Å². The molecule has 0 radical (unpaired) electrons. The Morgan fingerprint density at radius 3 is 2.33 bits per heavy atom. The van der Waals surface area contributed by atoms with Crippen LogP contribution in [-0.2, 0) is 14.8 Å². The van der Waals surface area contributed by atoms with Gasteiger partial charge in [-0.3, -0.25) is 9.10 Å². The van der Waals surface area contributed by atoms with Crippen LogP contribution in [0.25, 0.3) is 0 Å². The predicted molar refractivity (Wildman–Crippen MR) is 116 cm³/mol. The molecule has 1 N–H and O–H groups in total. The van der Waals surface area contributed by atoms with Crippen LogP contribution in [0.4, 0.5) is 5.69 Å². The molecule has 0 aromatic heterocycles. The van der Waals surface area contributed by atoms with Crippen LogP contribution in [0, 0.1) is 13.8 Å². The Kier molecular flexibility index (Phi) is 7.93. The van der Waals surface area contributed by atoms with Crippen molar-refractivity contribution in [2.45, 2.75) is 13.8 Å². The summed E-state index contributed by atoms with van der Waals surface area (Å²) in [5.74, 6) is 1.04. The van der Waals surface area contributed by atoms with Gasteiger partial charge in [0, 0.05) is 6.07 Å². The number of anilines is 1. The highest BCUT2D eigenvalue weighted by atomic mass is 32.2. The highest BCUT2D eigenvalue weighted by Gasteiger charge is 2.24. The van der Waals surface area contributed by atoms with E-state index in [4.69, 9.17) is 14.2 Å². The van der Waals surface area contributed by atoms with E-state index in [1.165, 1.54) is 20.3 Å². The number of nitrogens with one attached hydrogen (secondary N) is 1. The minimum atomic E-state index is -3.75. The lowest BCUT2D eigenvalue weighted by atomic mass is 10.1. The Labute approximate surface area is 177 Å². The fourth-order valence-corrected chi connectivity index (χ4v) is 3.72. The molecule has 0 fully saturated rings. The maximum absolute atomic E-state index is 12.4. The standard InChI is InChI=1S/C21H28N2O6S/c1-15-6-8-19(16(2)12-15)29-11-10-22-21(24)14-23(30(5,25)26)18-13-17(27-3)7-9-20(18)28-4/h6-9,12-13H,10-11,14H2,1-5H3,(H,22,24). The summed E-state index contributed by atoms with van der Waals surface area (Å²) in [4.78, 5) is 12.4. The molecule has 0 spiro atoms. The molecule has 2 aromatic carbocycles. The van der Waals surface area contributed by atoms with Gasteiger partial charge in [-0.05, 0) is 37.6 Å². The van der Waals surface area contributed by atoms with Crippen LogP contribution in [-0.4, -0.2) is 54.5 Å². The number of hydrogen-bond acceptors (Lipinski definition) is 6. The molecule has 9 heteroatoms. The SMILES string of the molecule is COc1ccc(OC)c(N(CC(=O)NCCOc2ccc(C)cc2C)S(C)(=O)=O)c1. The van der Waals surface area contributed by atoms with Crippen LogP contribution in [0.3, 0.4) is 0 Å². The van der Waals surface area contributed by atoms with Crippen molar-refractivity contribution in [1.29, 1.82) is 0 Å². The van der Waals surface area contributed by atoms with E-state index in [1.807, 2.05) is 32.0 Å². The summed E-state index contributed by atoms with van der Waals surface area (Å²) >= 11 is 0. The number of methoxy groups -OCH3 is 2. The largest absolute Gasteiger partial charge is 0.497 e. The van der Waals surface area contributed by atoms with Crippen LogP contribution in [0.2, 0.25) is 0 Å². The summed E-state index contributed by atoms with van der Waals surface area (Å²) in [6.45, 7) is 4.05. The van der Waals surface area contributed by atoms with Gasteiger partial charge in [0.2, 0.25) is 15.9 Å². The van der Waals surface area contributed by atoms with Gasteiger partial charge in [0.1, 0.15) is 30.4 Å². The minimum Gasteiger partial charge on any atom is -0.497 e. The third kappa shape index (κ3) is 6.28. The summed E-state index contributed by atoms with van der Waals surface area (Å²) in [5, 5.41) is 2.68. The van der Waals surface area contributed by atoms with Crippen molar-refractivity contribution in [3.05, 3.63) is 47.5 Å². The van der Waals surface area contributed by atoms with E-state index in [-0.39, 0.29) is 18.8 Å². The van der Waals surface area contributed by atoms with Gasteiger partial charge in [-0.2, -0.15) is 0 Å². The first-order valence-corrected chi connectivity index (χ1v) is 11.2. The normalized spacial score (nSPS) is 11.0. The Balaban J connectivity index is 2.03. The zero-order valence-electron chi connectivity index (χ0n) is 17.9. The van der Waals surface area contributed by atoms with Crippen LogP contribution >= 0.6 is 0 Å². The van der Waals surface area contributed by atoms with Crippen LogP contribution in [0.1, 0.15) is 11.1 Å². The number of benzene rings is 2. The molecule has 0 atom stereocenters. The van der Waals surface area contributed by atoms with Crippen molar-refractivity contribution in [3.8, 4) is 17.2 Å². The molecule has 0 aliphatic carbocycles. The minimum absolute atomic E-state index is 0.223. The number of nitrogens with zero attached hydrogens (tertiary/aromatic N) is 1. The highest BCUT2D eigenvalue weighted by Crippen LogP contribution is 2.33. The third-order valence-corrected chi connectivity index (χ3v) is 5.48. The quantitative estimate of drug-likeness (QED) is 0.575. The monoisotopic (exact) mass is 436 g/mol. The lowest BCUT2D eigenvalue weighted by molar-refractivity contribution is -0.119. The van der Waals surface area contributed by atoms with E-state index >= 15 is 0 Å². The molecule has 0 bridgehead atoms. The number of aryl methyl sites for hydroxylation is 2. The lowest BCUT2D eigenvalue weighted by Gasteiger charge is -2.24. The summed E-state index contributed by atoms with van der Waals surface area (Å²) in [5.41, 5.74) is 2.37. The zero-order chi connectivity index (χ0) is 22.3. The van der Waals surface area contributed by atoms with Gasteiger partial charge in [-0.25, -0.2) is 8.42 Å². The second-order valence-corrected chi connectivity index (χ2v) is 8.68. The number of rotatable bonds is 10. The topological polar surface area (TPSA) is 94.2 Å². The molecule has 0 unspecified atom stereocenters. The Morgan fingerprint density at radius 1 is 1.03 bits per heavy atom. The average molecular weight is 437 g/mol. The third-order valence-electron chi connectivity index (χ3n) is 4.35. The summed E-state index contributed by atoms with van der Waals surface area (Å²) < 4.78 is 41.8. The van der Waals surface area contributed by atoms with E-state index in [0.29, 0.717) is 11.5 Å². The number of ether oxygens (including phenoxy) is 3. The Bertz CT molecular complexity index is 991. The van der Waals surface area contributed by atoms with E-state index in [9.17, 15) is 13.2 Å². The molecule has 0 saturated heterocycles. The molecule has 2 rings (SSSR count). The molecule has 2 aromatic rings. The smallest absolute Gasteiger partial charge is 0.240 e. The summed E-state index contributed by atoms with van der Waals surface area (Å²) in [6.07, 6.45) is 1.03. The molecular weight excluding hydrogens is 408 g/mol. The van der Waals surface area contributed by atoms with Gasteiger partial charge in [-0.1, -0.05) is 17.7 Å². The number of sulfonamides is 1. The van der Waals surface area contributed by atoms with Crippen molar-refractivity contribution >= 4 is 21.6 Å². The molecule has 0 saturated carbocycles. The Hall–Kier alpha value is -2.94. The molecule has 8 nitrogen and oxygen atoms in total. The second kappa shape index (κ2) is 10.2. The van der Waals surface area contributed by atoms with Crippen molar-refractivity contribution in [2.24, 2.45) is 0 Å². The van der Waals surface area contributed by atoms with Crippen molar-refractivity contribution in [3.63, 3.8) is 0 Å². The van der Waals surface area contributed by atoms with Gasteiger partial charge >= 0.3 is 0 Å². The van der Waals surface area contributed by atoms with Crippen LogP contribution in [0.15, 0.2) is 36.4 Å². The maximum Gasteiger partial charge on any atom is 0.240 e. The Morgan fingerprint density at radius 2 is 1.73 bits per heavy atom.